The number of amides is 2. The van der Waals surface area contributed by atoms with Crippen LogP contribution in [0.15, 0.2) is 34.7 Å². The van der Waals surface area contributed by atoms with Crippen molar-refractivity contribution in [3.05, 3.63) is 36.1 Å². The van der Waals surface area contributed by atoms with Gasteiger partial charge in [0.05, 0.1) is 0 Å². The predicted molar refractivity (Wildman–Crippen MR) is 98.8 cm³/mol. The van der Waals surface area contributed by atoms with E-state index in [0.717, 1.165) is 37.9 Å². The summed E-state index contributed by atoms with van der Waals surface area (Å²) in [6.45, 7) is 5.22. The average Bonchev–Trinajstić information content (AvgIpc) is 3.04. The maximum absolute atomic E-state index is 12.7. The number of rotatable bonds is 4. The Bertz CT molecular complexity index is 778. The van der Waals surface area contributed by atoms with Crippen LogP contribution in [-0.2, 0) is 4.79 Å². The van der Waals surface area contributed by atoms with E-state index in [9.17, 15) is 9.59 Å². The number of benzene rings is 1. The van der Waals surface area contributed by atoms with Gasteiger partial charge in [-0.3, -0.25) is 9.59 Å². The summed E-state index contributed by atoms with van der Waals surface area (Å²) in [7, 11) is 0. The molecule has 1 aromatic carbocycles. The molecule has 138 valence electrons. The maximum atomic E-state index is 12.7. The summed E-state index contributed by atoms with van der Waals surface area (Å²) in [6.07, 6.45) is 1.79. The highest BCUT2D eigenvalue weighted by Gasteiger charge is 2.34. The Balaban J connectivity index is 1.38. The molecule has 0 spiro atoms. The highest BCUT2D eigenvalue weighted by atomic mass is 16.3. The van der Waals surface area contributed by atoms with E-state index in [0.29, 0.717) is 23.8 Å². The third-order valence-electron chi connectivity index (χ3n) is 5.63. The van der Waals surface area contributed by atoms with Crippen LogP contribution in [0.1, 0.15) is 30.3 Å². The molecule has 26 heavy (non-hydrogen) atoms. The molecule has 6 heteroatoms. The van der Waals surface area contributed by atoms with Crippen LogP contribution in [-0.4, -0.2) is 48.9 Å². The van der Waals surface area contributed by atoms with Crippen molar-refractivity contribution in [2.24, 2.45) is 11.8 Å². The van der Waals surface area contributed by atoms with Gasteiger partial charge in [0.25, 0.3) is 5.91 Å². The fraction of sp³-hybridized carbons (Fsp3) is 0.500. The van der Waals surface area contributed by atoms with Crippen molar-refractivity contribution >= 4 is 22.8 Å². The fourth-order valence-electron chi connectivity index (χ4n) is 3.80. The lowest BCUT2D eigenvalue weighted by molar-refractivity contribution is -0.138. The van der Waals surface area contributed by atoms with Crippen LogP contribution in [0, 0.1) is 11.8 Å². The lowest BCUT2D eigenvalue weighted by Crippen LogP contribution is -2.54. The summed E-state index contributed by atoms with van der Waals surface area (Å²) in [4.78, 5) is 27.2. The number of hydrogen-bond acceptors (Lipinski definition) is 4. The Kier molecular flexibility index (Phi) is 4.68. The second-order valence-electron chi connectivity index (χ2n) is 7.45. The van der Waals surface area contributed by atoms with E-state index in [-0.39, 0.29) is 23.8 Å². The van der Waals surface area contributed by atoms with E-state index in [1.54, 1.807) is 6.07 Å². The summed E-state index contributed by atoms with van der Waals surface area (Å²) in [5.41, 5.74) is 0.709. The van der Waals surface area contributed by atoms with Crippen LogP contribution >= 0.6 is 0 Å². The number of carbonyl (C=O) groups is 2. The van der Waals surface area contributed by atoms with E-state index in [2.05, 4.69) is 10.6 Å². The molecule has 2 aliphatic rings. The number of para-hydroxylation sites is 1. The SMILES string of the molecule is CC(C(=O)N1CCCC(NC(=O)c2cc3ccccc3o2)C1)C1CNC1. The molecular formula is C20H25N3O3. The van der Waals surface area contributed by atoms with E-state index in [4.69, 9.17) is 4.42 Å². The van der Waals surface area contributed by atoms with E-state index in [1.807, 2.05) is 36.1 Å². The van der Waals surface area contributed by atoms with Crippen molar-refractivity contribution < 1.29 is 14.0 Å². The standard InChI is InChI=1S/C20H25N3O3/c1-13(15-10-21-11-15)20(25)23-8-4-6-16(12-23)22-19(24)18-9-14-5-2-3-7-17(14)26-18/h2-3,5,7,9,13,15-16,21H,4,6,8,10-12H2,1H3,(H,22,24). The van der Waals surface area contributed by atoms with Gasteiger partial charge in [-0.2, -0.15) is 0 Å². The van der Waals surface area contributed by atoms with Crippen LogP contribution in [0.2, 0.25) is 0 Å². The van der Waals surface area contributed by atoms with Gasteiger partial charge < -0.3 is 20.0 Å². The second kappa shape index (κ2) is 7.11. The smallest absolute Gasteiger partial charge is 0.287 e. The van der Waals surface area contributed by atoms with Crippen molar-refractivity contribution in [1.29, 1.82) is 0 Å². The van der Waals surface area contributed by atoms with Gasteiger partial charge in [0, 0.05) is 30.4 Å². The molecule has 2 unspecified atom stereocenters. The summed E-state index contributed by atoms with van der Waals surface area (Å²) in [6, 6.07) is 9.32. The topological polar surface area (TPSA) is 74.6 Å². The Morgan fingerprint density at radius 3 is 2.85 bits per heavy atom. The number of piperidine rings is 1. The molecule has 6 nitrogen and oxygen atoms in total. The molecule has 3 heterocycles. The first-order valence-corrected chi connectivity index (χ1v) is 9.41. The van der Waals surface area contributed by atoms with Crippen molar-refractivity contribution in [1.82, 2.24) is 15.5 Å². The zero-order valence-electron chi connectivity index (χ0n) is 15.0. The minimum atomic E-state index is -0.211. The predicted octanol–water partition coefficient (Wildman–Crippen LogP) is 2.01. The van der Waals surface area contributed by atoms with Crippen LogP contribution in [0.4, 0.5) is 0 Å². The normalized spacial score (nSPS) is 22.0. The Morgan fingerprint density at radius 1 is 1.31 bits per heavy atom. The zero-order valence-corrected chi connectivity index (χ0v) is 15.0. The number of hydrogen-bond donors (Lipinski definition) is 2. The van der Waals surface area contributed by atoms with Crippen molar-refractivity contribution in [2.45, 2.75) is 25.8 Å². The molecule has 0 aliphatic carbocycles. The first kappa shape index (κ1) is 17.1. The van der Waals surface area contributed by atoms with Crippen LogP contribution in [0.25, 0.3) is 11.0 Å². The summed E-state index contributed by atoms with van der Waals surface area (Å²) >= 11 is 0. The van der Waals surface area contributed by atoms with Gasteiger partial charge in [-0.1, -0.05) is 25.1 Å². The molecule has 2 aromatic rings. The Labute approximate surface area is 152 Å². The van der Waals surface area contributed by atoms with Crippen molar-refractivity contribution in [3.8, 4) is 0 Å². The van der Waals surface area contributed by atoms with Gasteiger partial charge in [-0.25, -0.2) is 0 Å². The molecule has 0 radical (unpaired) electrons. The first-order valence-electron chi connectivity index (χ1n) is 9.41. The average molecular weight is 355 g/mol. The molecule has 0 bridgehead atoms. The molecule has 2 aliphatic heterocycles. The van der Waals surface area contributed by atoms with Gasteiger partial charge in [-0.05, 0) is 44.0 Å². The summed E-state index contributed by atoms with van der Waals surface area (Å²) < 4.78 is 5.64. The van der Waals surface area contributed by atoms with Crippen LogP contribution < -0.4 is 10.6 Å². The molecule has 2 N–H and O–H groups in total. The molecule has 0 saturated carbocycles. The number of nitrogens with zero attached hydrogens (tertiary/aromatic N) is 1. The lowest BCUT2D eigenvalue weighted by Gasteiger charge is -2.38. The highest BCUT2D eigenvalue weighted by Crippen LogP contribution is 2.22. The molecule has 2 saturated heterocycles. The monoisotopic (exact) mass is 355 g/mol. The van der Waals surface area contributed by atoms with Gasteiger partial charge in [-0.15, -0.1) is 0 Å². The number of nitrogens with one attached hydrogen (secondary N) is 2. The van der Waals surface area contributed by atoms with Crippen molar-refractivity contribution in [3.63, 3.8) is 0 Å². The molecule has 1 aromatic heterocycles. The minimum Gasteiger partial charge on any atom is -0.451 e. The van der Waals surface area contributed by atoms with Crippen LogP contribution in [0.5, 0.6) is 0 Å². The largest absolute Gasteiger partial charge is 0.451 e. The Hall–Kier alpha value is -2.34. The van der Waals surface area contributed by atoms with Crippen LogP contribution in [0.3, 0.4) is 0 Å². The number of fused-ring (bicyclic) bond motifs is 1. The molecular weight excluding hydrogens is 330 g/mol. The molecule has 2 atom stereocenters. The third kappa shape index (κ3) is 3.33. The highest BCUT2D eigenvalue weighted by molar-refractivity contribution is 5.96. The quantitative estimate of drug-likeness (QED) is 0.880. The molecule has 2 amide bonds. The third-order valence-corrected chi connectivity index (χ3v) is 5.63. The lowest BCUT2D eigenvalue weighted by atomic mass is 9.87. The van der Waals surface area contributed by atoms with Gasteiger partial charge >= 0.3 is 0 Å². The summed E-state index contributed by atoms with van der Waals surface area (Å²) in [5, 5.41) is 7.18. The zero-order chi connectivity index (χ0) is 18.1. The Morgan fingerprint density at radius 2 is 2.12 bits per heavy atom. The number of likely N-dealkylation sites (tertiary alicyclic amines) is 1. The maximum Gasteiger partial charge on any atom is 0.287 e. The van der Waals surface area contributed by atoms with E-state index < -0.39 is 0 Å². The van der Waals surface area contributed by atoms with E-state index >= 15 is 0 Å². The number of furan rings is 1. The van der Waals surface area contributed by atoms with Gasteiger partial charge in [0.1, 0.15) is 5.58 Å². The van der Waals surface area contributed by atoms with Crippen molar-refractivity contribution in [2.75, 3.05) is 26.2 Å². The fourth-order valence-corrected chi connectivity index (χ4v) is 3.80. The van der Waals surface area contributed by atoms with Gasteiger partial charge in [0.2, 0.25) is 5.91 Å². The molecule has 4 rings (SSSR count). The molecule has 2 fully saturated rings. The first-order chi connectivity index (χ1) is 12.6. The second-order valence-corrected chi connectivity index (χ2v) is 7.45. The van der Waals surface area contributed by atoms with Gasteiger partial charge in [0.15, 0.2) is 5.76 Å². The summed E-state index contributed by atoms with van der Waals surface area (Å²) in [5.74, 6) is 0.800. The van der Waals surface area contributed by atoms with E-state index in [1.165, 1.54) is 0 Å². The number of carbonyl (C=O) groups excluding carboxylic acids is 2. The minimum absolute atomic E-state index is 0.0277.